The van der Waals surface area contributed by atoms with Crippen LogP contribution in [0.5, 0.6) is 0 Å². The van der Waals surface area contributed by atoms with Crippen molar-refractivity contribution in [2.75, 3.05) is 0 Å². The summed E-state index contributed by atoms with van der Waals surface area (Å²) in [6.07, 6.45) is 1.77. The van der Waals surface area contributed by atoms with Crippen LogP contribution in [0.1, 0.15) is 18.1 Å². The molecule has 0 radical (unpaired) electrons. The van der Waals surface area contributed by atoms with Crippen LogP contribution < -0.4 is 0 Å². The zero-order chi connectivity index (χ0) is 14.4. The van der Waals surface area contributed by atoms with Gasteiger partial charge in [0.05, 0.1) is 5.70 Å². The van der Waals surface area contributed by atoms with Gasteiger partial charge in [-0.05, 0) is 28.4 Å². The Bertz CT molecular complexity index is 640. The average Bonchev–Trinajstić information content (AvgIpc) is 2.53. The van der Waals surface area contributed by atoms with Crippen molar-refractivity contribution in [3.8, 4) is 0 Å². The molecule has 0 heterocycles. The Morgan fingerprint density at radius 1 is 0.950 bits per heavy atom. The molecule has 0 unspecified atom stereocenters. The molecule has 0 N–H and O–H groups in total. The van der Waals surface area contributed by atoms with E-state index in [2.05, 4.69) is 34.6 Å². The highest BCUT2D eigenvalue weighted by atomic mass is 79.9. The van der Waals surface area contributed by atoms with Crippen molar-refractivity contribution in [1.29, 1.82) is 0 Å². The standard InChI is InChI=1S/C18H16BrN/c1-3-17(19)18(16-12-8-5-9-13-16)20-14(2)15-10-6-4-7-11-15/h3-13H,1H2,2H3/b18-17+,20-14?. The van der Waals surface area contributed by atoms with Gasteiger partial charge in [0.2, 0.25) is 0 Å². The molecule has 0 saturated heterocycles. The molecular weight excluding hydrogens is 310 g/mol. The SMILES string of the molecule is C=C/C(Br)=C(\N=C(C)c1ccccc1)c1ccccc1. The summed E-state index contributed by atoms with van der Waals surface area (Å²) in [6, 6.07) is 20.3. The molecule has 0 atom stereocenters. The molecule has 0 aromatic heterocycles. The van der Waals surface area contributed by atoms with Crippen molar-refractivity contribution < 1.29 is 0 Å². The predicted octanol–water partition coefficient (Wildman–Crippen LogP) is 5.45. The first-order chi connectivity index (χ1) is 9.72. The largest absolute Gasteiger partial charge is 0.251 e. The van der Waals surface area contributed by atoms with Gasteiger partial charge in [0.25, 0.3) is 0 Å². The maximum atomic E-state index is 4.77. The zero-order valence-electron chi connectivity index (χ0n) is 11.4. The van der Waals surface area contributed by atoms with Crippen LogP contribution in [0.2, 0.25) is 0 Å². The van der Waals surface area contributed by atoms with Crippen LogP contribution in [-0.2, 0) is 0 Å². The molecular formula is C18H16BrN. The van der Waals surface area contributed by atoms with Crippen LogP contribution >= 0.6 is 15.9 Å². The van der Waals surface area contributed by atoms with Gasteiger partial charge in [-0.3, -0.25) is 4.99 Å². The van der Waals surface area contributed by atoms with Crippen LogP contribution in [0.15, 0.2) is 82.8 Å². The number of nitrogens with zero attached hydrogens (tertiary/aromatic N) is 1. The summed E-state index contributed by atoms with van der Waals surface area (Å²) in [5.41, 5.74) is 4.05. The van der Waals surface area contributed by atoms with E-state index in [1.54, 1.807) is 6.08 Å². The Labute approximate surface area is 128 Å². The molecule has 2 rings (SSSR count). The Morgan fingerprint density at radius 2 is 1.45 bits per heavy atom. The molecule has 0 amide bonds. The van der Waals surface area contributed by atoms with Gasteiger partial charge in [0.15, 0.2) is 0 Å². The minimum atomic E-state index is 0.888. The fraction of sp³-hybridized carbons (Fsp3) is 0.0556. The third kappa shape index (κ3) is 3.55. The second-order valence-corrected chi connectivity index (χ2v) is 5.18. The van der Waals surface area contributed by atoms with E-state index in [0.717, 1.165) is 27.0 Å². The second kappa shape index (κ2) is 7.01. The third-order valence-corrected chi connectivity index (χ3v) is 3.62. The number of aliphatic imine (C=N–C) groups is 1. The van der Waals surface area contributed by atoms with E-state index < -0.39 is 0 Å². The number of hydrogen-bond donors (Lipinski definition) is 0. The summed E-state index contributed by atoms with van der Waals surface area (Å²) >= 11 is 3.54. The highest BCUT2D eigenvalue weighted by molar-refractivity contribution is 9.12. The summed E-state index contributed by atoms with van der Waals surface area (Å²) in [4.78, 5) is 4.77. The fourth-order valence-electron chi connectivity index (χ4n) is 1.86. The van der Waals surface area contributed by atoms with Gasteiger partial charge in [0, 0.05) is 15.8 Å². The van der Waals surface area contributed by atoms with Crippen molar-refractivity contribution in [1.82, 2.24) is 0 Å². The minimum Gasteiger partial charge on any atom is -0.251 e. The summed E-state index contributed by atoms with van der Waals surface area (Å²) in [5, 5.41) is 0. The van der Waals surface area contributed by atoms with Crippen molar-refractivity contribution in [2.24, 2.45) is 4.99 Å². The first kappa shape index (κ1) is 14.5. The van der Waals surface area contributed by atoms with Crippen LogP contribution in [-0.4, -0.2) is 5.71 Å². The van der Waals surface area contributed by atoms with Crippen LogP contribution in [0.25, 0.3) is 5.70 Å². The topological polar surface area (TPSA) is 12.4 Å². The monoisotopic (exact) mass is 325 g/mol. The maximum Gasteiger partial charge on any atom is 0.0847 e. The number of rotatable bonds is 4. The third-order valence-electron chi connectivity index (χ3n) is 2.92. The van der Waals surface area contributed by atoms with Gasteiger partial charge >= 0.3 is 0 Å². The normalized spacial score (nSPS) is 12.8. The molecule has 0 aliphatic carbocycles. The molecule has 0 spiro atoms. The molecule has 2 aromatic rings. The zero-order valence-corrected chi connectivity index (χ0v) is 13.0. The lowest BCUT2D eigenvalue weighted by atomic mass is 10.1. The van der Waals surface area contributed by atoms with E-state index in [4.69, 9.17) is 4.99 Å². The molecule has 2 aromatic carbocycles. The molecule has 0 saturated carbocycles. The Morgan fingerprint density at radius 3 is 1.95 bits per heavy atom. The fourth-order valence-corrected chi connectivity index (χ4v) is 2.18. The second-order valence-electron chi connectivity index (χ2n) is 4.33. The maximum absolute atomic E-state index is 4.77. The van der Waals surface area contributed by atoms with Crippen LogP contribution in [0.3, 0.4) is 0 Å². The average molecular weight is 326 g/mol. The van der Waals surface area contributed by atoms with Gasteiger partial charge in [-0.15, -0.1) is 0 Å². The summed E-state index contributed by atoms with van der Waals surface area (Å²) in [7, 11) is 0. The van der Waals surface area contributed by atoms with Gasteiger partial charge in [0.1, 0.15) is 0 Å². The number of hydrogen-bond acceptors (Lipinski definition) is 1. The van der Waals surface area contributed by atoms with Gasteiger partial charge in [-0.1, -0.05) is 73.3 Å². The smallest absolute Gasteiger partial charge is 0.0847 e. The highest BCUT2D eigenvalue weighted by Crippen LogP contribution is 2.25. The lowest BCUT2D eigenvalue weighted by Gasteiger charge is -2.07. The summed E-state index contributed by atoms with van der Waals surface area (Å²) < 4.78 is 0.888. The molecule has 0 fully saturated rings. The van der Waals surface area contributed by atoms with Crippen LogP contribution in [0.4, 0.5) is 0 Å². The van der Waals surface area contributed by atoms with Crippen LogP contribution in [0, 0.1) is 0 Å². The first-order valence-electron chi connectivity index (χ1n) is 6.40. The van der Waals surface area contributed by atoms with E-state index in [0.29, 0.717) is 0 Å². The Hall–Kier alpha value is -1.93. The molecule has 0 aliphatic rings. The number of allylic oxidation sites excluding steroid dienone is 2. The highest BCUT2D eigenvalue weighted by Gasteiger charge is 2.05. The van der Waals surface area contributed by atoms with E-state index >= 15 is 0 Å². The lowest BCUT2D eigenvalue weighted by molar-refractivity contribution is 1.46. The molecule has 2 heteroatoms. The molecule has 1 nitrogen and oxygen atoms in total. The summed E-state index contributed by atoms with van der Waals surface area (Å²) in [5.74, 6) is 0. The van der Waals surface area contributed by atoms with E-state index in [9.17, 15) is 0 Å². The predicted molar refractivity (Wildman–Crippen MR) is 91.1 cm³/mol. The molecule has 20 heavy (non-hydrogen) atoms. The quantitative estimate of drug-likeness (QED) is 0.524. The van der Waals surface area contributed by atoms with Gasteiger partial charge < -0.3 is 0 Å². The number of benzene rings is 2. The van der Waals surface area contributed by atoms with Crippen molar-refractivity contribution in [3.63, 3.8) is 0 Å². The van der Waals surface area contributed by atoms with Crippen molar-refractivity contribution in [3.05, 3.63) is 88.9 Å². The molecule has 100 valence electrons. The Balaban J connectivity index is 2.48. The minimum absolute atomic E-state index is 0.888. The molecule has 0 aliphatic heterocycles. The number of halogens is 1. The Kier molecular flexibility index (Phi) is 5.08. The van der Waals surface area contributed by atoms with Gasteiger partial charge in [-0.2, -0.15) is 0 Å². The lowest BCUT2D eigenvalue weighted by Crippen LogP contribution is -1.95. The van der Waals surface area contributed by atoms with Crippen molar-refractivity contribution >= 4 is 27.3 Å². The van der Waals surface area contributed by atoms with Crippen molar-refractivity contribution in [2.45, 2.75) is 6.92 Å². The van der Waals surface area contributed by atoms with Gasteiger partial charge in [-0.25, -0.2) is 0 Å². The van der Waals surface area contributed by atoms with E-state index in [1.807, 2.05) is 55.5 Å². The molecule has 0 bridgehead atoms. The first-order valence-corrected chi connectivity index (χ1v) is 7.20. The van der Waals surface area contributed by atoms with E-state index in [-0.39, 0.29) is 0 Å². The van der Waals surface area contributed by atoms with E-state index in [1.165, 1.54) is 0 Å². The summed E-state index contributed by atoms with van der Waals surface area (Å²) in [6.45, 7) is 5.83.